The van der Waals surface area contributed by atoms with Gasteiger partial charge in [0, 0.05) is 5.70 Å². The van der Waals surface area contributed by atoms with E-state index in [1.54, 1.807) is 12.1 Å². The van der Waals surface area contributed by atoms with Gasteiger partial charge in [-0.05, 0) is 12.2 Å². The molecule has 0 aromatic carbocycles. The molecular formula is C9H10N2O. The van der Waals surface area contributed by atoms with Crippen LogP contribution in [0.25, 0.3) is 0 Å². The highest BCUT2D eigenvalue weighted by atomic mass is 16.1. The summed E-state index contributed by atoms with van der Waals surface area (Å²) in [5.74, 6) is -0.342. The summed E-state index contributed by atoms with van der Waals surface area (Å²) in [6.07, 6.45) is 4.46. The standard InChI is InChI=1S/C9H10N2O/c1-3-5-8(4-2)11-9(12)6-7-10/h3-5H,1-2,6H2,(H,11,12)/b8-5+. The Morgan fingerprint density at radius 1 is 1.58 bits per heavy atom. The number of amides is 1. The van der Waals surface area contributed by atoms with E-state index in [4.69, 9.17) is 5.26 Å². The minimum atomic E-state index is -0.342. The normalized spacial score (nSPS) is 9.75. The van der Waals surface area contributed by atoms with Crippen LogP contribution in [-0.4, -0.2) is 5.91 Å². The fraction of sp³-hybridized carbons (Fsp3) is 0.111. The molecule has 0 fully saturated rings. The lowest BCUT2D eigenvalue weighted by molar-refractivity contribution is -0.119. The first-order valence-corrected chi connectivity index (χ1v) is 3.36. The molecule has 0 aromatic rings. The first-order chi connectivity index (χ1) is 5.74. The Morgan fingerprint density at radius 2 is 2.25 bits per heavy atom. The Labute approximate surface area is 71.7 Å². The van der Waals surface area contributed by atoms with E-state index in [0.29, 0.717) is 5.70 Å². The Bertz CT molecular complexity index is 258. The summed E-state index contributed by atoms with van der Waals surface area (Å²) in [4.78, 5) is 10.8. The van der Waals surface area contributed by atoms with Gasteiger partial charge in [-0.1, -0.05) is 19.2 Å². The molecule has 0 aliphatic heterocycles. The molecule has 1 amide bonds. The first kappa shape index (κ1) is 10.2. The summed E-state index contributed by atoms with van der Waals surface area (Å²) < 4.78 is 0. The van der Waals surface area contributed by atoms with Gasteiger partial charge in [-0.15, -0.1) is 0 Å². The minimum Gasteiger partial charge on any atom is -0.325 e. The maximum Gasteiger partial charge on any atom is 0.238 e. The summed E-state index contributed by atoms with van der Waals surface area (Å²) in [7, 11) is 0. The number of carbonyl (C=O) groups excluding carboxylic acids is 1. The third-order valence-corrected chi connectivity index (χ3v) is 1.04. The molecule has 0 aromatic heterocycles. The average Bonchev–Trinajstić information content (AvgIpc) is 2.04. The van der Waals surface area contributed by atoms with Gasteiger partial charge < -0.3 is 5.32 Å². The number of nitriles is 1. The molecule has 0 aliphatic carbocycles. The van der Waals surface area contributed by atoms with Crippen molar-refractivity contribution in [3.05, 3.63) is 37.1 Å². The number of nitrogens with one attached hydrogen (secondary N) is 1. The highest BCUT2D eigenvalue weighted by Gasteiger charge is 1.98. The zero-order valence-electron chi connectivity index (χ0n) is 6.71. The molecule has 62 valence electrons. The summed E-state index contributed by atoms with van der Waals surface area (Å²) in [5, 5.41) is 10.7. The van der Waals surface area contributed by atoms with Gasteiger partial charge in [-0.25, -0.2) is 0 Å². The number of hydrogen-bond donors (Lipinski definition) is 1. The Morgan fingerprint density at radius 3 is 2.67 bits per heavy atom. The second-order valence-corrected chi connectivity index (χ2v) is 1.94. The number of rotatable bonds is 4. The van der Waals surface area contributed by atoms with E-state index in [1.807, 2.05) is 0 Å². The van der Waals surface area contributed by atoms with Crippen molar-refractivity contribution >= 4 is 5.91 Å². The van der Waals surface area contributed by atoms with Gasteiger partial charge in [0.2, 0.25) is 5.91 Å². The van der Waals surface area contributed by atoms with Crippen LogP contribution in [0, 0.1) is 11.3 Å². The highest BCUT2D eigenvalue weighted by Crippen LogP contribution is 1.91. The van der Waals surface area contributed by atoms with Crippen molar-refractivity contribution in [1.82, 2.24) is 5.32 Å². The van der Waals surface area contributed by atoms with Crippen LogP contribution >= 0.6 is 0 Å². The summed E-state index contributed by atoms with van der Waals surface area (Å²) >= 11 is 0. The zero-order valence-corrected chi connectivity index (χ0v) is 6.71. The summed E-state index contributed by atoms with van der Waals surface area (Å²) in [6.45, 7) is 6.94. The average molecular weight is 162 g/mol. The van der Waals surface area contributed by atoms with Crippen molar-refractivity contribution in [2.45, 2.75) is 6.42 Å². The number of allylic oxidation sites excluding steroid dienone is 3. The molecule has 0 spiro atoms. The van der Waals surface area contributed by atoms with Crippen LogP contribution in [0.2, 0.25) is 0 Å². The van der Waals surface area contributed by atoms with Crippen molar-refractivity contribution in [2.75, 3.05) is 0 Å². The third-order valence-electron chi connectivity index (χ3n) is 1.04. The molecule has 0 atom stereocenters. The number of hydrogen-bond acceptors (Lipinski definition) is 2. The minimum absolute atomic E-state index is 0.150. The third kappa shape index (κ3) is 4.07. The number of carbonyl (C=O) groups is 1. The van der Waals surface area contributed by atoms with E-state index in [-0.39, 0.29) is 12.3 Å². The molecule has 0 unspecified atom stereocenters. The maximum absolute atomic E-state index is 10.8. The van der Waals surface area contributed by atoms with Gasteiger partial charge in [0.15, 0.2) is 0 Å². The monoisotopic (exact) mass is 162 g/mol. The molecule has 3 heteroatoms. The van der Waals surface area contributed by atoms with Gasteiger partial charge in [0.1, 0.15) is 6.42 Å². The van der Waals surface area contributed by atoms with E-state index >= 15 is 0 Å². The smallest absolute Gasteiger partial charge is 0.238 e. The molecule has 0 radical (unpaired) electrons. The number of nitrogens with zero attached hydrogens (tertiary/aromatic N) is 1. The zero-order chi connectivity index (χ0) is 9.40. The van der Waals surface area contributed by atoms with E-state index in [2.05, 4.69) is 18.5 Å². The van der Waals surface area contributed by atoms with Gasteiger partial charge in [-0.2, -0.15) is 5.26 Å². The van der Waals surface area contributed by atoms with E-state index in [0.717, 1.165) is 0 Å². The molecule has 0 heterocycles. The molecule has 0 aliphatic rings. The van der Waals surface area contributed by atoms with E-state index in [1.165, 1.54) is 12.2 Å². The lowest BCUT2D eigenvalue weighted by atomic mass is 10.3. The van der Waals surface area contributed by atoms with Gasteiger partial charge in [0.05, 0.1) is 6.07 Å². The lowest BCUT2D eigenvalue weighted by Gasteiger charge is -2.00. The van der Waals surface area contributed by atoms with Crippen LogP contribution in [0.15, 0.2) is 37.1 Å². The topological polar surface area (TPSA) is 52.9 Å². The van der Waals surface area contributed by atoms with Crippen molar-refractivity contribution < 1.29 is 4.79 Å². The van der Waals surface area contributed by atoms with Crippen LogP contribution in [-0.2, 0) is 4.79 Å². The Balaban J connectivity index is 4.13. The molecule has 0 saturated carbocycles. The fourth-order valence-electron chi connectivity index (χ4n) is 0.565. The highest BCUT2D eigenvalue weighted by molar-refractivity contribution is 5.80. The Hall–Kier alpha value is -1.82. The first-order valence-electron chi connectivity index (χ1n) is 3.36. The summed E-state index contributed by atoms with van der Waals surface area (Å²) in [5.41, 5.74) is 0.547. The van der Waals surface area contributed by atoms with Crippen LogP contribution in [0.1, 0.15) is 6.42 Å². The molecular weight excluding hydrogens is 152 g/mol. The molecule has 0 bridgehead atoms. The van der Waals surface area contributed by atoms with Gasteiger partial charge in [-0.3, -0.25) is 4.79 Å². The predicted octanol–water partition coefficient (Wildman–Crippen LogP) is 1.27. The van der Waals surface area contributed by atoms with Gasteiger partial charge >= 0.3 is 0 Å². The van der Waals surface area contributed by atoms with Crippen molar-refractivity contribution in [3.63, 3.8) is 0 Å². The fourth-order valence-corrected chi connectivity index (χ4v) is 0.565. The second-order valence-electron chi connectivity index (χ2n) is 1.94. The van der Waals surface area contributed by atoms with Crippen molar-refractivity contribution in [1.29, 1.82) is 5.26 Å². The predicted molar refractivity (Wildman–Crippen MR) is 46.8 cm³/mol. The van der Waals surface area contributed by atoms with E-state index in [9.17, 15) is 4.79 Å². The Kier molecular flexibility index (Phi) is 5.03. The van der Waals surface area contributed by atoms with Crippen LogP contribution in [0.5, 0.6) is 0 Å². The lowest BCUT2D eigenvalue weighted by Crippen LogP contribution is -2.20. The molecule has 12 heavy (non-hydrogen) atoms. The van der Waals surface area contributed by atoms with Gasteiger partial charge in [0.25, 0.3) is 0 Å². The van der Waals surface area contributed by atoms with Crippen molar-refractivity contribution in [3.8, 4) is 6.07 Å². The molecule has 1 N–H and O–H groups in total. The van der Waals surface area contributed by atoms with Crippen LogP contribution in [0.3, 0.4) is 0 Å². The molecule has 3 nitrogen and oxygen atoms in total. The quantitative estimate of drug-likeness (QED) is 0.633. The van der Waals surface area contributed by atoms with Crippen molar-refractivity contribution in [2.24, 2.45) is 0 Å². The molecule has 0 rings (SSSR count). The second kappa shape index (κ2) is 5.93. The van der Waals surface area contributed by atoms with E-state index < -0.39 is 0 Å². The molecule has 0 saturated heterocycles. The van der Waals surface area contributed by atoms with Crippen LogP contribution < -0.4 is 5.32 Å². The van der Waals surface area contributed by atoms with Crippen LogP contribution in [0.4, 0.5) is 0 Å². The summed E-state index contributed by atoms with van der Waals surface area (Å²) in [6, 6.07) is 1.74. The largest absolute Gasteiger partial charge is 0.325 e. The SMILES string of the molecule is C=C/C=C(\C=C)NC(=O)CC#N. The maximum atomic E-state index is 10.8.